The van der Waals surface area contributed by atoms with E-state index in [2.05, 4.69) is 22.5 Å². The molecule has 4 aromatic heterocycles. The number of amides is 1. The van der Waals surface area contributed by atoms with E-state index in [1.54, 1.807) is 22.7 Å². The van der Waals surface area contributed by atoms with Crippen LogP contribution in [-0.2, 0) is 17.8 Å². The Hall–Kier alpha value is -3.23. The van der Waals surface area contributed by atoms with E-state index in [1.807, 2.05) is 40.6 Å². The monoisotopic (exact) mass is 447 g/mol. The molecule has 31 heavy (non-hydrogen) atoms. The van der Waals surface area contributed by atoms with Crippen LogP contribution in [0.5, 0.6) is 0 Å². The molecule has 0 N–H and O–H groups in total. The normalized spacial score (nSPS) is 16.1. The number of carbonyl (C=O) groups is 1. The van der Waals surface area contributed by atoms with E-state index in [9.17, 15) is 9.59 Å². The number of rotatable bonds is 3. The van der Waals surface area contributed by atoms with Crippen molar-refractivity contribution in [2.75, 3.05) is 6.54 Å². The number of hydrogen-bond donors (Lipinski definition) is 0. The van der Waals surface area contributed by atoms with Gasteiger partial charge in [0.05, 0.1) is 12.4 Å². The Kier molecular flexibility index (Phi) is 4.29. The molecule has 0 saturated heterocycles. The lowest BCUT2D eigenvalue weighted by molar-refractivity contribution is -0.133. The number of thiophene rings is 2. The van der Waals surface area contributed by atoms with Gasteiger partial charge >= 0.3 is 0 Å². The fourth-order valence-corrected chi connectivity index (χ4v) is 6.06. The second kappa shape index (κ2) is 7.18. The van der Waals surface area contributed by atoms with Gasteiger partial charge in [-0.15, -0.1) is 22.7 Å². The number of fused-ring (bicyclic) bond motifs is 4. The molecule has 0 radical (unpaired) electrons. The summed E-state index contributed by atoms with van der Waals surface area (Å²) < 4.78 is 7.10. The van der Waals surface area contributed by atoms with Crippen molar-refractivity contribution in [1.29, 1.82) is 0 Å². The molecule has 5 aromatic rings. The van der Waals surface area contributed by atoms with Crippen LogP contribution in [0.4, 0.5) is 0 Å². The number of para-hydroxylation sites is 1. The predicted octanol–water partition coefficient (Wildman–Crippen LogP) is 4.44. The third kappa shape index (κ3) is 2.94. The molecule has 0 unspecified atom stereocenters. The summed E-state index contributed by atoms with van der Waals surface area (Å²) in [7, 11) is 0. The lowest BCUT2D eigenvalue weighted by Crippen LogP contribution is -2.42. The standard InChI is InChI=1S/C23H17N3O3S2/c27-19(26-9-7-17-15(8-11-31-17)21(26)18-6-3-10-30-18)12-25-13-24-20-14-4-1-2-5-16(14)29-22(20)23(25)28/h1-6,8,10-11,13,21H,7,9,12H2/t21-/m0/s1. The lowest BCUT2D eigenvalue weighted by Gasteiger charge is -2.35. The van der Waals surface area contributed by atoms with E-state index in [4.69, 9.17) is 4.42 Å². The van der Waals surface area contributed by atoms with Gasteiger partial charge < -0.3 is 9.32 Å². The fraction of sp³-hybridized carbons (Fsp3) is 0.174. The Morgan fingerprint density at radius 3 is 2.90 bits per heavy atom. The summed E-state index contributed by atoms with van der Waals surface area (Å²) >= 11 is 3.39. The third-order valence-corrected chi connectivity index (χ3v) is 7.68. The van der Waals surface area contributed by atoms with E-state index in [1.165, 1.54) is 21.3 Å². The first kappa shape index (κ1) is 18.5. The van der Waals surface area contributed by atoms with E-state index in [0.717, 1.165) is 16.7 Å². The summed E-state index contributed by atoms with van der Waals surface area (Å²) in [5.74, 6) is -0.102. The van der Waals surface area contributed by atoms with Crippen molar-refractivity contribution in [1.82, 2.24) is 14.5 Å². The van der Waals surface area contributed by atoms with Gasteiger partial charge in [0.15, 0.2) is 0 Å². The molecular formula is C23H17N3O3S2. The number of hydrogen-bond acceptors (Lipinski definition) is 6. The molecule has 1 amide bonds. The molecule has 1 aliphatic heterocycles. The SMILES string of the molecule is O=C(Cn1cnc2c(oc3ccccc32)c1=O)N1CCc2sccc2[C@H]1c1cccs1. The van der Waals surface area contributed by atoms with Gasteiger partial charge in [0.2, 0.25) is 11.5 Å². The zero-order valence-electron chi connectivity index (χ0n) is 16.4. The first-order valence-corrected chi connectivity index (χ1v) is 11.7. The van der Waals surface area contributed by atoms with E-state index in [-0.39, 0.29) is 29.6 Å². The summed E-state index contributed by atoms with van der Waals surface area (Å²) in [4.78, 5) is 35.2. The molecule has 1 aliphatic rings. The first-order chi connectivity index (χ1) is 15.2. The number of benzene rings is 1. The topological polar surface area (TPSA) is 68.3 Å². The van der Waals surface area contributed by atoms with Gasteiger partial charge in [-0.2, -0.15) is 0 Å². The second-order valence-corrected chi connectivity index (χ2v) is 9.49. The summed E-state index contributed by atoms with van der Waals surface area (Å²) in [5.41, 5.74) is 2.18. The lowest BCUT2D eigenvalue weighted by atomic mass is 9.98. The molecule has 0 bridgehead atoms. The molecule has 0 aliphatic carbocycles. The molecule has 6 nitrogen and oxygen atoms in total. The van der Waals surface area contributed by atoms with Crippen molar-refractivity contribution in [2.24, 2.45) is 0 Å². The van der Waals surface area contributed by atoms with Gasteiger partial charge in [-0.1, -0.05) is 18.2 Å². The summed E-state index contributed by atoms with van der Waals surface area (Å²) in [6.07, 6.45) is 2.28. The van der Waals surface area contributed by atoms with Gasteiger partial charge in [-0.05, 0) is 47.0 Å². The minimum Gasteiger partial charge on any atom is -0.448 e. The maximum absolute atomic E-state index is 13.4. The largest absolute Gasteiger partial charge is 0.448 e. The average Bonchev–Trinajstić information content (AvgIpc) is 3.54. The van der Waals surface area contributed by atoms with Crippen molar-refractivity contribution in [3.05, 3.63) is 85.2 Å². The molecule has 1 aromatic carbocycles. The minimum absolute atomic E-state index is 0.0693. The molecule has 6 rings (SSSR count). The number of furan rings is 1. The van der Waals surface area contributed by atoms with Crippen LogP contribution in [0.2, 0.25) is 0 Å². The van der Waals surface area contributed by atoms with E-state index >= 15 is 0 Å². The maximum Gasteiger partial charge on any atom is 0.297 e. The summed E-state index contributed by atoms with van der Waals surface area (Å²) in [5, 5.41) is 4.91. The smallest absolute Gasteiger partial charge is 0.297 e. The quantitative estimate of drug-likeness (QED) is 0.410. The molecule has 0 saturated carbocycles. The third-order valence-electron chi connectivity index (χ3n) is 5.76. The van der Waals surface area contributed by atoms with Gasteiger partial charge in [-0.25, -0.2) is 4.98 Å². The first-order valence-electron chi connectivity index (χ1n) is 9.96. The Bertz CT molecular complexity index is 1480. The Morgan fingerprint density at radius 2 is 2.03 bits per heavy atom. The maximum atomic E-state index is 13.4. The Labute approximate surface area is 185 Å². The number of nitrogens with zero attached hydrogens (tertiary/aromatic N) is 3. The average molecular weight is 448 g/mol. The fourth-order valence-electron chi connectivity index (χ4n) is 4.30. The number of aromatic nitrogens is 2. The molecule has 0 fully saturated rings. The van der Waals surface area contributed by atoms with Crippen molar-refractivity contribution < 1.29 is 9.21 Å². The van der Waals surface area contributed by atoms with Crippen LogP contribution >= 0.6 is 22.7 Å². The van der Waals surface area contributed by atoms with Crippen LogP contribution in [0.1, 0.15) is 21.4 Å². The van der Waals surface area contributed by atoms with Gasteiger partial charge in [0.25, 0.3) is 5.56 Å². The van der Waals surface area contributed by atoms with Crippen LogP contribution in [0.15, 0.2) is 68.8 Å². The molecule has 8 heteroatoms. The van der Waals surface area contributed by atoms with E-state index < -0.39 is 0 Å². The molecular weight excluding hydrogens is 430 g/mol. The summed E-state index contributed by atoms with van der Waals surface area (Å²) in [6.45, 7) is 0.560. The van der Waals surface area contributed by atoms with Gasteiger partial charge in [-0.3, -0.25) is 14.2 Å². The van der Waals surface area contributed by atoms with Crippen LogP contribution in [0, 0.1) is 0 Å². The highest BCUT2D eigenvalue weighted by Crippen LogP contribution is 2.39. The molecule has 1 atom stereocenters. The van der Waals surface area contributed by atoms with Crippen molar-refractivity contribution in [3.8, 4) is 0 Å². The number of carbonyl (C=O) groups excluding carboxylic acids is 1. The van der Waals surface area contributed by atoms with Crippen LogP contribution in [0.3, 0.4) is 0 Å². The van der Waals surface area contributed by atoms with Crippen LogP contribution < -0.4 is 5.56 Å². The second-order valence-electron chi connectivity index (χ2n) is 7.51. The molecule has 154 valence electrons. The van der Waals surface area contributed by atoms with Crippen LogP contribution in [0.25, 0.3) is 22.1 Å². The highest BCUT2D eigenvalue weighted by molar-refractivity contribution is 7.10. The van der Waals surface area contributed by atoms with Crippen LogP contribution in [-0.4, -0.2) is 26.9 Å². The Balaban J connectivity index is 1.37. The Morgan fingerprint density at radius 1 is 1.13 bits per heavy atom. The van der Waals surface area contributed by atoms with Gasteiger partial charge in [0.1, 0.15) is 17.6 Å². The van der Waals surface area contributed by atoms with Gasteiger partial charge in [0, 0.05) is 21.7 Å². The zero-order valence-corrected chi connectivity index (χ0v) is 18.0. The summed E-state index contributed by atoms with van der Waals surface area (Å²) in [6, 6.07) is 13.5. The highest BCUT2D eigenvalue weighted by Gasteiger charge is 2.33. The van der Waals surface area contributed by atoms with Crippen molar-refractivity contribution in [2.45, 2.75) is 19.0 Å². The predicted molar refractivity (Wildman–Crippen MR) is 122 cm³/mol. The minimum atomic E-state index is -0.338. The zero-order chi connectivity index (χ0) is 20.9. The molecule has 0 spiro atoms. The van der Waals surface area contributed by atoms with Crippen molar-refractivity contribution in [3.63, 3.8) is 0 Å². The van der Waals surface area contributed by atoms with E-state index in [0.29, 0.717) is 17.6 Å². The highest BCUT2D eigenvalue weighted by atomic mass is 32.1. The van der Waals surface area contributed by atoms with Crippen molar-refractivity contribution >= 4 is 50.6 Å². The molecule has 5 heterocycles.